The first-order valence-electron chi connectivity index (χ1n) is 22.4. The van der Waals surface area contributed by atoms with Crippen molar-refractivity contribution in [2.45, 2.75) is 91.0 Å². The van der Waals surface area contributed by atoms with Gasteiger partial charge >= 0.3 is 0 Å². The first-order chi connectivity index (χ1) is 30.5. The lowest BCUT2D eigenvalue weighted by molar-refractivity contribution is -0.199. The molecule has 7 aliphatic rings. The minimum atomic E-state index is -1.09. The summed E-state index contributed by atoms with van der Waals surface area (Å²) in [4.78, 5) is 79.3. The Kier molecular flexibility index (Phi) is 10.1. The number of nitriles is 1. The van der Waals surface area contributed by atoms with Crippen molar-refractivity contribution < 1.29 is 33.1 Å². The topological polar surface area (TPSA) is 159 Å². The minimum absolute atomic E-state index is 0.00126. The molecule has 5 amide bonds. The first-order valence-corrected chi connectivity index (χ1v) is 22.8. The summed E-state index contributed by atoms with van der Waals surface area (Å²) in [7, 11) is 0. The third-order valence-electron chi connectivity index (χ3n) is 15.4. The van der Waals surface area contributed by atoms with E-state index in [1.165, 1.54) is 6.07 Å². The lowest BCUT2D eigenvalue weighted by Crippen LogP contribution is -2.74. The molecule has 2 aromatic carbocycles. The number of likely N-dealkylation sites (tertiary alicyclic amines) is 1. The molecule has 4 saturated heterocycles. The second kappa shape index (κ2) is 15.3. The molecule has 334 valence electrons. The Morgan fingerprint density at radius 1 is 0.859 bits per heavy atom. The number of amides is 5. The lowest BCUT2D eigenvalue weighted by atomic mass is 9.49. The van der Waals surface area contributed by atoms with Crippen molar-refractivity contribution in [2.75, 3.05) is 55.6 Å². The van der Waals surface area contributed by atoms with E-state index in [9.17, 15) is 29.2 Å². The maximum absolute atomic E-state index is 15.5. The number of fused-ring (bicyclic) bond motifs is 2. The van der Waals surface area contributed by atoms with Gasteiger partial charge in [-0.3, -0.25) is 34.2 Å². The summed E-state index contributed by atoms with van der Waals surface area (Å²) in [5.41, 5.74) is 1.56. The molecule has 10 rings (SSSR count). The van der Waals surface area contributed by atoms with Crippen LogP contribution in [0.5, 0.6) is 5.75 Å². The molecule has 6 aliphatic heterocycles. The number of carbonyl (C=O) groups excluding carboxylic acids is 5. The standard InChI is InChI=1S/C48H52ClFN8O6/c1-46(2)44(47(3,4)45(46)64-29-6-5-28(22-51)33(49)19-29)57-24-35-30(41(57)61)7-9-38(52-35)55-15-11-27(12-16-55)23-54-17-13-48(14-18-54)25-56(26-48)37-21-32-31(20-34(37)50)42(62)58(43(32)63)36-8-10-39(59)53-40(36)60/h5-7,9,19-21,27,36,44-45H,8,10-18,23-26H2,1-4H3,(H,53,59,60)/t36?,44-,45-. The molecular formula is C48H52ClFN8O6. The highest BCUT2D eigenvalue weighted by Gasteiger charge is 2.67. The number of benzene rings is 2. The maximum atomic E-state index is 15.5. The van der Waals surface area contributed by atoms with Crippen LogP contribution < -0.4 is 19.9 Å². The molecule has 1 N–H and O–H groups in total. The second-order valence-corrected chi connectivity index (χ2v) is 20.7. The fourth-order valence-electron chi connectivity index (χ4n) is 12.5. The number of carbonyl (C=O) groups is 5. The van der Waals surface area contributed by atoms with Crippen molar-refractivity contribution in [3.05, 3.63) is 81.3 Å². The van der Waals surface area contributed by atoms with Crippen molar-refractivity contribution in [3.8, 4) is 11.8 Å². The highest BCUT2D eigenvalue weighted by Crippen LogP contribution is 2.59. The summed E-state index contributed by atoms with van der Waals surface area (Å²) in [5.74, 6) is -0.973. The predicted octanol–water partition coefficient (Wildman–Crippen LogP) is 5.80. The van der Waals surface area contributed by atoms with Crippen LogP contribution >= 0.6 is 11.6 Å². The molecule has 1 aromatic heterocycles. The van der Waals surface area contributed by atoms with Gasteiger partial charge in [0, 0.05) is 67.5 Å². The molecule has 0 bridgehead atoms. The molecule has 1 spiro atoms. The van der Waals surface area contributed by atoms with Crippen molar-refractivity contribution in [1.29, 1.82) is 5.26 Å². The van der Waals surface area contributed by atoms with Gasteiger partial charge in [-0.2, -0.15) is 5.26 Å². The molecule has 1 unspecified atom stereocenters. The Hall–Kier alpha value is -5.59. The van der Waals surface area contributed by atoms with Crippen LogP contribution in [0.25, 0.3) is 0 Å². The van der Waals surface area contributed by atoms with Crippen molar-refractivity contribution in [3.63, 3.8) is 0 Å². The van der Waals surface area contributed by atoms with E-state index in [1.807, 2.05) is 21.9 Å². The van der Waals surface area contributed by atoms with Crippen LogP contribution in [0.15, 0.2) is 42.5 Å². The number of nitrogens with one attached hydrogen (secondary N) is 1. The van der Waals surface area contributed by atoms with Gasteiger partial charge in [-0.25, -0.2) is 9.37 Å². The average Bonchev–Trinajstić information content (AvgIpc) is 3.68. The number of nitrogens with zero attached hydrogens (tertiary/aromatic N) is 7. The normalized spacial score (nSPS) is 26.1. The molecule has 3 aromatic rings. The number of rotatable bonds is 8. The van der Waals surface area contributed by atoms with E-state index in [0.29, 0.717) is 53.1 Å². The summed E-state index contributed by atoms with van der Waals surface area (Å²) in [6.45, 7) is 15.1. The zero-order valence-corrected chi connectivity index (χ0v) is 37.3. The Bertz CT molecular complexity index is 2540. The van der Waals surface area contributed by atoms with Crippen LogP contribution in [-0.2, 0) is 16.1 Å². The predicted molar refractivity (Wildman–Crippen MR) is 234 cm³/mol. The second-order valence-electron chi connectivity index (χ2n) is 20.3. The summed E-state index contributed by atoms with van der Waals surface area (Å²) in [6.07, 6.45) is 3.98. The Morgan fingerprint density at radius 2 is 1.55 bits per heavy atom. The van der Waals surface area contributed by atoms with Gasteiger partial charge in [0.25, 0.3) is 17.7 Å². The lowest BCUT2D eigenvalue weighted by Gasteiger charge is -2.65. The molecule has 5 fully saturated rings. The number of anilines is 2. The fraction of sp³-hybridized carbons (Fsp3) is 0.521. The molecule has 1 saturated carbocycles. The quantitative estimate of drug-likeness (QED) is 0.273. The molecule has 0 radical (unpaired) electrons. The van der Waals surface area contributed by atoms with Crippen LogP contribution in [-0.4, -0.2) is 113 Å². The summed E-state index contributed by atoms with van der Waals surface area (Å²) in [5, 5.41) is 11.8. The molecule has 7 heterocycles. The Morgan fingerprint density at radius 3 is 2.20 bits per heavy atom. The summed E-state index contributed by atoms with van der Waals surface area (Å²) >= 11 is 6.31. The number of piperidine rings is 3. The molecule has 14 nitrogen and oxygen atoms in total. The monoisotopic (exact) mass is 890 g/mol. The Balaban J connectivity index is 0.701. The average molecular weight is 891 g/mol. The number of hydrogen-bond donors (Lipinski definition) is 1. The molecular weight excluding hydrogens is 839 g/mol. The largest absolute Gasteiger partial charge is 0.489 e. The van der Waals surface area contributed by atoms with Crippen LogP contribution in [0.4, 0.5) is 15.9 Å². The third-order valence-corrected chi connectivity index (χ3v) is 15.7. The van der Waals surface area contributed by atoms with Gasteiger partial charge in [0.15, 0.2) is 0 Å². The van der Waals surface area contributed by atoms with Gasteiger partial charge in [-0.05, 0) is 87.5 Å². The van der Waals surface area contributed by atoms with E-state index in [-0.39, 0.29) is 58.3 Å². The molecule has 16 heteroatoms. The van der Waals surface area contributed by atoms with E-state index in [0.717, 1.165) is 80.9 Å². The van der Waals surface area contributed by atoms with Gasteiger partial charge in [-0.1, -0.05) is 39.3 Å². The van der Waals surface area contributed by atoms with Gasteiger partial charge in [-0.15, -0.1) is 0 Å². The summed E-state index contributed by atoms with van der Waals surface area (Å²) in [6, 6.07) is 12.5. The van der Waals surface area contributed by atoms with Gasteiger partial charge in [0.05, 0.1) is 45.2 Å². The number of pyridine rings is 1. The van der Waals surface area contributed by atoms with Crippen molar-refractivity contribution in [1.82, 2.24) is 25.0 Å². The zero-order valence-electron chi connectivity index (χ0n) is 36.6. The smallest absolute Gasteiger partial charge is 0.262 e. The van der Waals surface area contributed by atoms with Crippen LogP contribution in [0.3, 0.4) is 0 Å². The van der Waals surface area contributed by atoms with Gasteiger partial charge in [0.1, 0.15) is 35.6 Å². The SMILES string of the molecule is CC1(C)[C@H](Oc2ccc(C#N)c(Cl)c2)C(C)(C)[C@H]1N1Cc2nc(N3CCC(CN4CCC5(CC4)CN(c4cc6c(cc4F)C(=O)N(C4CCC(=O)NC4=O)C6=O)C5)CC3)ccc2C1=O. The molecule has 1 atom stereocenters. The van der Waals surface area contributed by atoms with Crippen LogP contribution in [0, 0.1) is 39.3 Å². The first kappa shape index (κ1) is 42.4. The van der Waals surface area contributed by atoms with Crippen LogP contribution in [0.2, 0.25) is 5.02 Å². The maximum Gasteiger partial charge on any atom is 0.262 e. The zero-order chi connectivity index (χ0) is 45.0. The van der Waals surface area contributed by atoms with E-state index in [2.05, 4.69) is 48.9 Å². The number of imide groups is 2. The minimum Gasteiger partial charge on any atom is -0.489 e. The number of hydrogen-bond acceptors (Lipinski definition) is 11. The number of ether oxygens (including phenoxy) is 1. The Labute approximate surface area is 376 Å². The third kappa shape index (κ3) is 6.82. The van der Waals surface area contributed by atoms with Crippen molar-refractivity contribution in [2.24, 2.45) is 22.2 Å². The van der Waals surface area contributed by atoms with Gasteiger partial charge < -0.3 is 24.3 Å². The van der Waals surface area contributed by atoms with E-state index in [1.54, 1.807) is 18.2 Å². The number of aromatic nitrogens is 1. The molecule has 64 heavy (non-hydrogen) atoms. The van der Waals surface area contributed by atoms with E-state index >= 15 is 4.39 Å². The highest BCUT2D eigenvalue weighted by molar-refractivity contribution is 6.31. The fourth-order valence-corrected chi connectivity index (χ4v) is 12.7. The van der Waals surface area contributed by atoms with E-state index in [4.69, 9.17) is 21.3 Å². The molecule has 1 aliphatic carbocycles. The van der Waals surface area contributed by atoms with Crippen molar-refractivity contribution >= 4 is 52.6 Å². The van der Waals surface area contributed by atoms with Crippen LogP contribution in [0.1, 0.15) is 109 Å². The van der Waals surface area contributed by atoms with E-state index < -0.39 is 35.5 Å². The van der Waals surface area contributed by atoms with Gasteiger partial charge in [0.2, 0.25) is 11.8 Å². The summed E-state index contributed by atoms with van der Waals surface area (Å²) < 4.78 is 22.0. The highest BCUT2D eigenvalue weighted by atomic mass is 35.5. The number of halogens is 2.